The molecule has 1 atom stereocenters. The molecule has 2 N–H and O–H groups in total. The van der Waals surface area contributed by atoms with Crippen molar-refractivity contribution in [2.24, 2.45) is 5.92 Å². The zero-order chi connectivity index (χ0) is 18.9. The van der Waals surface area contributed by atoms with Crippen molar-refractivity contribution in [1.82, 2.24) is 25.4 Å². The predicted molar refractivity (Wildman–Crippen MR) is 108 cm³/mol. The number of nitrogens with zero attached hydrogens (tertiary/aromatic N) is 3. The molecule has 3 heterocycles. The molecule has 2 aliphatic heterocycles. The largest absolute Gasteiger partial charge is 0.356 e. The summed E-state index contributed by atoms with van der Waals surface area (Å²) in [5.74, 6) is 0.425. The molecule has 0 aliphatic carbocycles. The topological polar surface area (TPSA) is 60.5 Å². The molecular formula is C21H35N5O. The zero-order valence-corrected chi connectivity index (χ0v) is 16.7. The Morgan fingerprint density at radius 1 is 1.15 bits per heavy atom. The molecule has 0 aromatic carbocycles. The third kappa shape index (κ3) is 6.26. The van der Waals surface area contributed by atoms with E-state index in [0.717, 1.165) is 65.1 Å². The second-order valence-electron chi connectivity index (χ2n) is 7.95. The lowest BCUT2D eigenvalue weighted by atomic mass is 9.93. The lowest BCUT2D eigenvalue weighted by Gasteiger charge is -2.42. The number of likely N-dealkylation sites (tertiary alicyclic amines) is 2. The number of carbonyl (C=O) groups excluding carboxylic acids is 1. The molecule has 0 radical (unpaired) electrons. The molecule has 2 fully saturated rings. The summed E-state index contributed by atoms with van der Waals surface area (Å²) in [5, 5.41) is 6.25. The van der Waals surface area contributed by atoms with Gasteiger partial charge < -0.3 is 10.6 Å². The van der Waals surface area contributed by atoms with Crippen LogP contribution in [0.4, 0.5) is 0 Å². The summed E-state index contributed by atoms with van der Waals surface area (Å²) in [5.41, 5.74) is 1.34. The molecule has 2 saturated heterocycles. The van der Waals surface area contributed by atoms with Crippen LogP contribution in [-0.2, 0) is 11.3 Å². The highest BCUT2D eigenvalue weighted by Gasteiger charge is 2.31. The van der Waals surface area contributed by atoms with Gasteiger partial charge >= 0.3 is 0 Å². The Hall–Kier alpha value is -1.50. The van der Waals surface area contributed by atoms with Crippen LogP contribution >= 0.6 is 0 Å². The standard InChI is InChI=1S/C21H35N5O/c1-22-9-3-10-24-21(27)19-4-2-13-26(17-19)20-7-14-25(15-8-20)16-18-5-11-23-12-6-18/h5-6,11-12,19-20,22H,2-4,7-10,13-17H2,1H3,(H,24,27). The number of piperidine rings is 2. The van der Waals surface area contributed by atoms with Crippen LogP contribution in [0.5, 0.6) is 0 Å². The molecule has 6 nitrogen and oxygen atoms in total. The van der Waals surface area contributed by atoms with Gasteiger partial charge in [0.15, 0.2) is 0 Å². The summed E-state index contributed by atoms with van der Waals surface area (Å²) < 4.78 is 0. The fourth-order valence-electron chi connectivity index (χ4n) is 4.36. The highest BCUT2D eigenvalue weighted by Crippen LogP contribution is 2.24. The van der Waals surface area contributed by atoms with Crippen LogP contribution in [0.15, 0.2) is 24.5 Å². The van der Waals surface area contributed by atoms with E-state index in [4.69, 9.17) is 0 Å². The van der Waals surface area contributed by atoms with Gasteiger partial charge in [0.1, 0.15) is 0 Å². The molecule has 150 valence electrons. The Morgan fingerprint density at radius 3 is 2.67 bits per heavy atom. The number of pyridine rings is 1. The van der Waals surface area contributed by atoms with E-state index in [9.17, 15) is 4.79 Å². The third-order valence-corrected chi connectivity index (χ3v) is 5.96. The van der Waals surface area contributed by atoms with E-state index in [0.29, 0.717) is 6.04 Å². The molecule has 2 aliphatic rings. The van der Waals surface area contributed by atoms with Crippen molar-refractivity contribution in [2.75, 3.05) is 46.3 Å². The average Bonchev–Trinajstić information content (AvgIpc) is 2.72. The van der Waals surface area contributed by atoms with Crippen LogP contribution in [0.1, 0.15) is 37.7 Å². The molecule has 27 heavy (non-hydrogen) atoms. The van der Waals surface area contributed by atoms with Crippen LogP contribution < -0.4 is 10.6 Å². The fraction of sp³-hybridized carbons (Fsp3) is 0.714. The second-order valence-corrected chi connectivity index (χ2v) is 7.95. The molecule has 0 bridgehead atoms. The third-order valence-electron chi connectivity index (χ3n) is 5.96. The Bertz CT molecular complexity index is 559. The molecule has 6 heteroatoms. The van der Waals surface area contributed by atoms with Gasteiger partial charge in [-0.2, -0.15) is 0 Å². The minimum absolute atomic E-state index is 0.170. The summed E-state index contributed by atoms with van der Waals surface area (Å²) in [4.78, 5) is 21.7. The highest BCUT2D eigenvalue weighted by atomic mass is 16.1. The molecule has 0 spiro atoms. The molecule has 3 rings (SSSR count). The van der Waals surface area contributed by atoms with Crippen molar-refractivity contribution < 1.29 is 4.79 Å². The van der Waals surface area contributed by atoms with Crippen LogP contribution in [0, 0.1) is 5.92 Å². The maximum atomic E-state index is 12.5. The van der Waals surface area contributed by atoms with Crippen LogP contribution in [-0.4, -0.2) is 73.0 Å². The van der Waals surface area contributed by atoms with E-state index in [2.05, 4.69) is 37.6 Å². The Labute approximate surface area is 163 Å². The van der Waals surface area contributed by atoms with Crippen molar-refractivity contribution in [2.45, 2.75) is 44.7 Å². The second kappa shape index (κ2) is 10.7. The van der Waals surface area contributed by atoms with E-state index in [-0.39, 0.29) is 11.8 Å². The molecule has 1 aromatic heterocycles. The zero-order valence-electron chi connectivity index (χ0n) is 16.7. The Morgan fingerprint density at radius 2 is 1.93 bits per heavy atom. The number of aromatic nitrogens is 1. The SMILES string of the molecule is CNCCCNC(=O)C1CCCN(C2CCN(Cc3ccncc3)CC2)C1. The molecule has 1 aromatic rings. The van der Waals surface area contributed by atoms with Gasteiger partial charge in [-0.15, -0.1) is 0 Å². The average molecular weight is 374 g/mol. The van der Waals surface area contributed by atoms with Gasteiger partial charge in [-0.1, -0.05) is 0 Å². The normalized spacial score (nSPS) is 22.6. The number of hydrogen-bond donors (Lipinski definition) is 2. The van der Waals surface area contributed by atoms with E-state index < -0.39 is 0 Å². The monoisotopic (exact) mass is 373 g/mol. The van der Waals surface area contributed by atoms with Crippen LogP contribution in [0.3, 0.4) is 0 Å². The smallest absolute Gasteiger partial charge is 0.224 e. The molecule has 1 unspecified atom stereocenters. The predicted octanol–water partition coefficient (Wildman–Crippen LogP) is 1.48. The van der Waals surface area contributed by atoms with Gasteiger partial charge in [-0.25, -0.2) is 0 Å². The number of rotatable bonds is 8. The van der Waals surface area contributed by atoms with Gasteiger partial charge in [-0.3, -0.25) is 19.6 Å². The summed E-state index contributed by atoms with van der Waals surface area (Å²) in [6, 6.07) is 4.85. The number of hydrogen-bond acceptors (Lipinski definition) is 5. The minimum atomic E-state index is 0.170. The maximum Gasteiger partial charge on any atom is 0.224 e. The highest BCUT2D eigenvalue weighted by molar-refractivity contribution is 5.78. The van der Waals surface area contributed by atoms with Crippen molar-refractivity contribution in [1.29, 1.82) is 0 Å². The van der Waals surface area contributed by atoms with Crippen molar-refractivity contribution in [3.05, 3.63) is 30.1 Å². The van der Waals surface area contributed by atoms with Gasteiger partial charge in [0.05, 0.1) is 5.92 Å². The lowest BCUT2D eigenvalue weighted by molar-refractivity contribution is -0.127. The molecule has 0 saturated carbocycles. The Kier molecular flexibility index (Phi) is 8.05. The number of carbonyl (C=O) groups is 1. The molecule has 1 amide bonds. The van der Waals surface area contributed by atoms with E-state index in [1.807, 2.05) is 19.4 Å². The number of nitrogens with one attached hydrogen (secondary N) is 2. The van der Waals surface area contributed by atoms with Crippen molar-refractivity contribution in [3.63, 3.8) is 0 Å². The summed E-state index contributed by atoms with van der Waals surface area (Å²) in [7, 11) is 1.95. The minimum Gasteiger partial charge on any atom is -0.356 e. The van der Waals surface area contributed by atoms with E-state index in [1.54, 1.807) is 0 Å². The van der Waals surface area contributed by atoms with Gasteiger partial charge in [-0.05, 0) is 83.0 Å². The summed E-state index contributed by atoms with van der Waals surface area (Å²) in [6.07, 6.45) is 9.35. The first-order valence-corrected chi connectivity index (χ1v) is 10.5. The van der Waals surface area contributed by atoms with Crippen molar-refractivity contribution >= 4 is 5.91 Å². The summed E-state index contributed by atoms with van der Waals surface area (Å²) in [6.45, 7) is 7.13. The van der Waals surface area contributed by atoms with Crippen LogP contribution in [0.2, 0.25) is 0 Å². The van der Waals surface area contributed by atoms with E-state index >= 15 is 0 Å². The van der Waals surface area contributed by atoms with Gasteiger partial charge in [0, 0.05) is 38.1 Å². The van der Waals surface area contributed by atoms with Gasteiger partial charge in [0.25, 0.3) is 0 Å². The number of amides is 1. The first-order chi connectivity index (χ1) is 13.3. The Balaban J connectivity index is 1.40. The van der Waals surface area contributed by atoms with Crippen LogP contribution in [0.25, 0.3) is 0 Å². The van der Waals surface area contributed by atoms with E-state index in [1.165, 1.54) is 18.4 Å². The quantitative estimate of drug-likeness (QED) is 0.676. The first-order valence-electron chi connectivity index (χ1n) is 10.5. The lowest BCUT2D eigenvalue weighted by Crippen LogP contribution is -2.50. The maximum absolute atomic E-state index is 12.5. The first kappa shape index (κ1) is 20.2. The summed E-state index contributed by atoms with van der Waals surface area (Å²) >= 11 is 0. The fourth-order valence-corrected chi connectivity index (χ4v) is 4.36. The molecular weight excluding hydrogens is 338 g/mol. The van der Waals surface area contributed by atoms with Crippen molar-refractivity contribution in [3.8, 4) is 0 Å². The van der Waals surface area contributed by atoms with Gasteiger partial charge in [0.2, 0.25) is 5.91 Å².